The molecule has 0 aliphatic heterocycles. The number of carbonyl (C=O) groups excluding carboxylic acids is 1. The Morgan fingerprint density at radius 3 is 2.58 bits per heavy atom. The largest absolute Gasteiger partial charge is 0.467 e. The number of nitrogens with zero attached hydrogens (tertiary/aromatic N) is 1. The van der Waals surface area contributed by atoms with Crippen molar-refractivity contribution in [2.24, 2.45) is 5.92 Å². The summed E-state index contributed by atoms with van der Waals surface area (Å²) in [5, 5.41) is 0.666. The first-order valence-electron chi connectivity index (χ1n) is 6.16. The second-order valence-electron chi connectivity index (χ2n) is 4.89. The van der Waals surface area contributed by atoms with Gasteiger partial charge in [0.25, 0.3) is 5.56 Å². The van der Waals surface area contributed by atoms with Crippen LogP contribution in [0, 0.1) is 12.8 Å². The van der Waals surface area contributed by atoms with Gasteiger partial charge < -0.3 is 4.74 Å². The summed E-state index contributed by atoms with van der Waals surface area (Å²) in [5.41, 5.74) is 0.929. The van der Waals surface area contributed by atoms with Crippen molar-refractivity contribution in [2.45, 2.75) is 26.8 Å². The van der Waals surface area contributed by atoms with Crippen LogP contribution in [0.4, 0.5) is 0 Å². The van der Waals surface area contributed by atoms with Gasteiger partial charge in [-0.3, -0.25) is 4.79 Å². The van der Waals surface area contributed by atoms with Crippen LogP contribution < -0.4 is 5.56 Å². The van der Waals surface area contributed by atoms with Gasteiger partial charge in [0.1, 0.15) is 6.04 Å². The molecule has 0 bridgehead atoms. The third kappa shape index (κ3) is 2.30. The summed E-state index contributed by atoms with van der Waals surface area (Å²) in [6, 6.07) is 5.06. The third-order valence-electron chi connectivity index (χ3n) is 3.16. The van der Waals surface area contributed by atoms with E-state index in [1.54, 1.807) is 6.07 Å². The fourth-order valence-corrected chi connectivity index (χ4v) is 3.43. The molecule has 0 radical (unpaired) electrons. The Bertz CT molecular complexity index is 669. The summed E-state index contributed by atoms with van der Waals surface area (Å²) in [7, 11) is 1.35. The molecule has 102 valence electrons. The van der Waals surface area contributed by atoms with Gasteiger partial charge in [-0.15, -0.1) is 0 Å². The van der Waals surface area contributed by atoms with Crippen LogP contribution in [0.15, 0.2) is 23.0 Å². The van der Waals surface area contributed by atoms with E-state index in [4.69, 9.17) is 4.74 Å². The average molecular weight is 279 g/mol. The number of benzene rings is 1. The van der Waals surface area contributed by atoms with E-state index in [2.05, 4.69) is 0 Å². The highest BCUT2D eigenvalue weighted by Crippen LogP contribution is 2.27. The lowest BCUT2D eigenvalue weighted by Crippen LogP contribution is -2.30. The van der Waals surface area contributed by atoms with Crippen molar-refractivity contribution in [3.63, 3.8) is 0 Å². The highest BCUT2D eigenvalue weighted by molar-refractivity contribution is 7.14. The standard InChI is InChI=1S/C14H17NO3S/c1-8(2)11(14(17)18-4)15-13(16)10-7-5-6-9(3)12(10)19-15/h5-8,11H,1-4H3. The van der Waals surface area contributed by atoms with Crippen LogP contribution in [0.2, 0.25) is 0 Å². The van der Waals surface area contributed by atoms with E-state index in [0.29, 0.717) is 5.39 Å². The monoisotopic (exact) mass is 279 g/mol. The molecule has 1 heterocycles. The maximum atomic E-state index is 12.4. The SMILES string of the molecule is COC(=O)C(C(C)C)n1sc2c(C)cccc2c1=O. The zero-order chi connectivity index (χ0) is 14.2. The lowest BCUT2D eigenvalue weighted by atomic mass is 10.1. The molecule has 0 amide bonds. The smallest absolute Gasteiger partial charge is 0.330 e. The number of esters is 1. The first-order chi connectivity index (χ1) is 8.97. The van der Waals surface area contributed by atoms with E-state index in [9.17, 15) is 9.59 Å². The highest BCUT2D eigenvalue weighted by atomic mass is 32.1. The molecule has 0 spiro atoms. The number of fused-ring (bicyclic) bond motifs is 1. The molecule has 2 rings (SSSR count). The Morgan fingerprint density at radius 1 is 1.37 bits per heavy atom. The van der Waals surface area contributed by atoms with E-state index in [1.165, 1.54) is 22.6 Å². The molecule has 0 N–H and O–H groups in total. The van der Waals surface area contributed by atoms with Crippen LogP contribution in [0.25, 0.3) is 10.1 Å². The number of methoxy groups -OCH3 is 1. The summed E-state index contributed by atoms with van der Waals surface area (Å²) in [6.45, 7) is 5.78. The Balaban J connectivity index is 2.68. The molecule has 0 fully saturated rings. The van der Waals surface area contributed by atoms with Gasteiger partial charge in [-0.05, 0) is 24.5 Å². The van der Waals surface area contributed by atoms with Crippen LogP contribution in [-0.4, -0.2) is 17.0 Å². The van der Waals surface area contributed by atoms with Gasteiger partial charge in [-0.1, -0.05) is 37.5 Å². The minimum absolute atomic E-state index is 0.00137. The number of rotatable bonds is 3. The van der Waals surface area contributed by atoms with Crippen LogP contribution in [0.5, 0.6) is 0 Å². The first-order valence-corrected chi connectivity index (χ1v) is 6.93. The van der Waals surface area contributed by atoms with Crippen LogP contribution >= 0.6 is 11.5 Å². The molecule has 19 heavy (non-hydrogen) atoms. The second kappa shape index (κ2) is 5.17. The number of aromatic nitrogens is 1. The average Bonchev–Trinajstić information content (AvgIpc) is 2.69. The molecule has 1 aromatic carbocycles. The van der Waals surface area contributed by atoms with Crippen LogP contribution in [-0.2, 0) is 9.53 Å². The Hall–Kier alpha value is -1.62. The molecule has 1 aromatic heterocycles. The van der Waals surface area contributed by atoms with Gasteiger partial charge in [0.15, 0.2) is 0 Å². The van der Waals surface area contributed by atoms with Crippen LogP contribution in [0.3, 0.4) is 0 Å². The predicted molar refractivity (Wildman–Crippen MR) is 76.7 cm³/mol. The molecule has 5 heteroatoms. The maximum absolute atomic E-state index is 12.4. The Kier molecular flexibility index (Phi) is 3.75. The molecule has 0 aliphatic carbocycles. The van der Waals surface area contributed by atoms with Gasteiger partial charge >= 0.3 is 5.97 Å². The first kappa shape index (κ1) is 13.8. The maximum Gasteiger partial charge on any atom is 0.330 e. The lowest BCUT2D eigenvalue weighted by Gasteiger charge is -2.18. The summed E-state index contributed by atoms with van der Waals surface area (Å²) >= 11 is 1.33. The normalized spacial score (nSPS) is 12.9. The quantitative estimate of drug-likeness (QED) is 0.812. The molecule has 0 saturated carbocycles. The summed E-state index contributed by atoms with van der Waals surface area (Å²) in [6.07, 6.45) is 0. The van der Waals surface area contributed by atoms with E-state index < -0.39 is 6.04 Å². The molecule has 4 nitrogen and oxygen atoms in total. The van der Waals surface area contributed by atoms with E-state index in [1.807, 2.05) is 32.9 Å². The number of hydrogen-bond donors (Lipinski definition) is 0. The number of hydrogen-bond acceptors (Lipinski definition) is 4. The second-order valence-corrected chi connectivity index (χ2v) is 5.87. The van der Waals surface area contributed by atoms with Gasteiger partial charge in [0.2, 0.25) is 0 Å². The topological polar surface area (TPSA) is 48.3 Å². The van der Waals surface area contributed by atoms with Crippen molar-refractivity contribution in [3.05, 3.63) is 34.1 Å². The number of aryl methyl sites for hydroxylation is 1. The van der Waals surface area contributed by atoms with E-state index >= 15 is 0 Å². The van der Waals surface area contributed by atoms with Gasteiger partial charge in [-0.2, -0.15) is 0 Å². The van der Waals surface area contributed by atoms with E-state index in [0.717, 1.165) is 10.3 Å². The fraction of sp³-hybridized carbons (Fsp3) is 0.429. The van der Waals surface area contributed by atoms with Gasteiger partial charge in [0, 0.05) is 0 Å². The lowest BCUT2D eigenvalue weighted by molar-refractivity contribution is -0.145. The number of ether oxygens (including phenoxy) is 1. The molecule has 0 saturated heterocycles. The third-order valence-corrected chi connectivity index (χ3v) is 4.47. The molecule has 1 unspecified atom stereocenters. The molecule has 0 aliphatic rings. The van der Waals surface area contributed by atoms with Gasteiger partial charge in [0.05, 0.1) is 17.2 Å². The minimum atomic E-state index is -0.561. The van der Waals surface area contributed by atoms with Crippen molar-refractivity contribution in [1.29, 1.82) is 0 Å². The summed E-state index contributed by atoms with van der Waals surface area (Å²) in [4.78, 5) is 24.3. The Labute approximate surface area is 115 Å². The van der Waals surface area contributed by atoms with Crippen molar-refractivity contribution >= 4 is 27.6 Å². The minimum Gasteiger partial charge on any atom is -0.467 e. The fourth-order valence-electron chi connectivity index (χ4n) is 2.14. The van der Waals surface area contributed by atoms with Crippen molar-refractivity contribution in [1.82, 2.24) is 3.96 Å². The molecule has 1 atom stereocenters. The van der Waals surface area contributed by atoms with Crippen LogP contribution in [0.1, 0.15) is 25.5 Å². The Morgan fingerprint density at radius 2 is 2.05 bits per heavy atom. The molecule has 2 aromatic rings. The summed E-state index contributed by atoms with van der Waals surface area (Å²) in [5.74, 6) is -0.375. The van der Waals surface area contributed by atoms with Gasteiger partial charge in [-0.25, -0.2) is 8.75 Å². The highest BCUT2D eigenvalue weighted by Gasteiger charge is 2.28. The zero-order valence-electron chi connectivity index (χ0n) is 11.5. The molecular weight excluding hydrogens is 262 g/mol. The number of carbonyl (C=O) groups is 1. The van der Waals surface area contributed by atoms with Crippen molar-refractivity contribution in [3.8, 4) is 0 Å². The molecular formula is C14H17NO3S. The predicted octanol–water partition coefficient (Wildman–Crippen LogP) is 2.74. The van der Waals surface area contributed by atoms with Crippen molar-refractivity contribution in [2.75, 3.05) is 7.11 Å². The van der Waals surface area contributed by atoms with Crippen molar-refractivity contribution < 1.29 is 9.53 Å². The zero-order valence-corrected chi connectivity index (χ0v) is 12.3. The van der Waals surface area contributed by atoms with E-state index in [-0.39, 0.29) is 17.4 Å². The summed E-state index contributed by atoms with van der Waals surface area (Å²) < 4.78 is 7.29.